The predicted octanol–water partition coefficient (Wildman–Crippen LogP) is 3.76. The molecule has 0 radical (unpaired) electrons. The van der Waals surface area contributed by atoms with Gasteiger partial charge < -0.3 is 5.32 Å². The van der Waals surface area contributed by atoms with Crippen LogP contribution in [-0.2, 0) is 11.8 Å². The van der Waals surface area contributed by atoms with Gasteiger partial charge in [-0.15, -0.1) is 11.3 Å². The van der Waals surface area contributed by atoms with Gasteiger partial charge >= 0.3 is 0 Å². The highest BCUT2D eigenvalue weighted by atomic mass is 32.1. The Hall–Kier alpha value is -0.410. The molecule has 0 spiro atoms. The van der Waals surface area contributed by atoms with Gasteiger partial charge in [-0.1, -0.05) is 27.7 Å². The third-order valence-corrected chi connectivity index (χ3v) is 4.69. The fourth-order valence-corrected chi connectivity index (χ4v) is 3.87. The zero-order valence-corrected chi connectivity index (χ0v) is 12.9. The molecule has 2 nitrogen and oxygen atoms in total. The zero-order valence-electron chi connectivity index (χ0n) is 12.1. The average Bonchev–Trinajstić information content (AvgIpc) is 2.88. The summed E-state index contributed by atoms with van der Waals surface area (Å²) in [5, 5.41) is 7.15. The van der Waals surface area contributed by atoms with Gasteiger partial charge in [-0.3, -0.25) is 0 Å². The maximum Gasteiger partial charge on any atom is 0.0931 e. The fraction of sp³-hybridized carbons (Fsp3) is 0.800. The van der Waals surface area contributed by atoms with Gasteiger partial charge in [0.25, 0.3) is 0 Å². The molecule has 0 aromatic carbocycles. The van der Waals surface area contributed by atoms with Crippen LogP contribution >= 0.6 is 11.3 Å². The topological polar surface area (TPSA) is 24.9 Å². The normalized spacial score (nSPS) is 24.7. The number of thiazole rings is 1. The van der Waals surface area contributed by atoms with E-state index in [1.165, 1.54) is 36.4 Å². The number of aromatic nitrogens is 1. The minimum atomic E-state index is 0.191. The van der Waals surface area contributed by atoms with E-state index < -0.39 is 0 Å². The lowest BCUT2D eigenvalue weighted by molar-refractivity contribution is 0.491. The van der Waals surface area contributed by atoms with Crippen LogP contribution in [0.1, 0.15) is 57.7 Å². The lowest BCUT2D eigenvalue weighted by atomic mass is 9.93. The molecule has 1 fully saturated rings. The Labute approximate surface area is 115 Å². The van der Waals surface area contributed by atoms with Gasteiger partial charge in [0.2, 0.25) is 0 Å². The van der Waals surface area contributed by atoms with Gasteiger partial charge in [-0.05, 0) is 31.7 Å². The summed E-state index contributed by atoms with van der Waals surface area (Å²) < 4.78 is 0. The first-order valence-corrected chi connectivity index (χ1v) is 8.05. The van der Waals surface area contributed by atoms with E-state index in [-0.39, 0.29) is 5.41 Å². The summed E-state index contributed by atoms with van der Waals surface area (Å²) in [6, 6.07) is 0.752. The van der Waals surface area contributed by atoms with Crippen LogP contribution in [0.5, 0.6) is 0 Å². The molecule has 0 aliphatic heterocycles. The highest BCUT2D eigenvalue weighted by molar-refractivity contribution is 7.09. The molecule has 0 saturated heterocycles. The minimum Gasteiger partial charge on any atom is -0.314 e. The lowest BCUT2D eigenvalue weighted by Gasteiger charge is -2.14. The first-order valence-electron chi connectivity index (χ1n) is 7.17. The molecule has 18 heavy (non-hydrogen) atoms. The Morgan fingerprint density at radius 3 is 2.78 bits per heavy atom. The minimum absolute atomic E-state index is 0.191. The third-order valence-electron chi connectivity index (χ3n) is 3.82. The van der Waals surface area contributed by atoms with E-state index in [0.29, 0.717) is 0 Å². The Kier molecular flexibility index (Phi) is 4.44. The van der Waals surface area contributed by atoms with Crippen LogP contribution in [0.4, 0.5) is 0 Å². The Morgan fingerprint density at radius 2 is 2.17 bits per heavy atom. The first kappa shape index (κ1) is 14.0. The predicted molar refractivity (Wildman–Crippen MR) is 79.3 cm³/mol. The molecule has 2 atom stereocenters. The molecule has 102 valence electrons. The van der Waals surface area contributed by atoms with Crippen LogP contribution in [0.3, 0.4) is 0 Å². The quantitative estimate of drug-likeness (QED) is 0.897. The van der Waals surface area contributed by atoms with Gasteiger partial charge in [0.05, 0.1) is 10.7 Å². The molecular formula is C15H26N2S. The van der Waals surface area contributed by atoms with Crippen molar-refractivity contribution in [3.8, 4) is 0 Å². The van der Waals surface area contributed by atoms with Crippen molar-refractivity contribution >= 4 is 11.3 Å². The molecule has 2 unspecified atom stereocenters. The van der Waals surface area contributed by atoms with Crippen LogP contribution in [-0.4, -0.2) is 17.6 Å². The van der Waals surface area contributed by atoms with Crippen molar-refractivity contribution in [2.45, 2.75) is 64.8 Å². The van der Waals surface area contributed by atoms with E-state index in [4.69, 9.17) is 4.98 Å². The van der Waals surface area contributed by atoms with E-state index >= 15 is 0 Å². The fourth-order valence-electron chi connectivity index (χ4n) is 2.73. The summed E-state index contributed by atoms with van der Waals surface area (Å²) in [6.07, 6.45) is 5.22. The Bertz CT molecular complexity index is 378. The smallest absolute Gasteiger partial charge is 0.0931 e. The third kappa shape index (κ3) is 3.55. The molecule has 1 aliphatic carbocycles. The number of nitrogens with zero attached hydrogens (tertiary/aromatic N) is 1. The van der Waals surface area contributed by atoms with E-state index in [0.717, 1.165) is 18.5 Å². The van der Waals surface area contributed by atoms with Crippen molar-refractivity contribution < 1.29 is 0 Å². The van der Waals surface area contributed by atoms with Crippen molar-refractivity contribution in [2.75, 3.05) is 6.54 Å². The van der Waals surface area contributed by atoms with E-state index in [1.54, 1.807) is 0 Å². The van der Waals surface area contributed by atoms with E-state index in [9.17, 15) is 0 Å². The summed E-state index contributed by atoms with van der Waals surface area (Å²) in [6.45, 7) is 10.0. The SMILES string of the molecule is CCNC1CCC(Cc2nc(C(C)(C)C)cs2)C1. The second-order valence-corrected chi connectivity index (χ2v) is 7.46. The van der Waals surface area contributed by atoms with Crippen molar-refractivity contribution in [1.29, 1.82) is 0 Å². The molecule has 1 aliphatic rings. The van der Waals surface area contributed by atoms with E-state index in [1.807, 2.05) is 11.3 Å². The molecule has 0 bridgehead atoms. The standard InChI is InChI=1S/C15H26N2S/c1-5-16-12-7-6-11(8-12)9-14-17-13(10-18-14)15(2,3)4/h10-12,16H,5-9H2,1-4H3. The maximum atomic E-state index is 4.81. The van der Waals surface area contributed by atoms with Gasteiger partial charge in [0, 0.05) is 23.3 Å². The molecule has 1 N–H and O–H groups in total. The monoisotopic (exact) mass is 266 g/mol. The molecule has 1 saturated carbocycles. The second kappa shape index (κ2) is 5.70. The van der Waals surface area contributed by atoms with Crippen molar-refractivity contribution in [3.05, 3.63) is 16.1 Å². The van der Waals surface area contributed by atoms with Crippen molar-refractivity contribution in [2.24, 2.45) is 5.92 Å². The molecule has 2 rings (SSSR count). The lowest BCUT2D eigenvalue weighted by Crippen LogP contribution is -2.25. The summed E-state index contributed by atoms with van der Waals surface area (Å²) >= 11 is 1.85. The second-order valence-electron chi connectivity index (χ2n) is 6.51. The van der Waals surface area contributed by atoms with Crippen LogP contribution < -0.4 is 5.32 Å². The molecule has 3 heteroatoms. The first-order chi connectivity index (χ1) is 8.49. The average molecular weight is 266 g/mol. The van der Waals surface area contributed by atoms with Gasteiger partial charge in [-0.2, -0.15) is 0 Å². The van der Waals surface area contributed by atoms with Crippen molar-refractivity contribution in [1.82, 2.24) is 10.3 Å². The molecule has 0 amide bonds. The Morgan fingerprint density at radius 1 is 1.39 bits per heavy atom. The molecule has 1 heterocycles. The largest absolute Gasteiger partial charge is 0.314 e. The van der Waals surface area contributed by atoms with Crippen LogP contribution in [0.25, 0.3) is 0 Å². The summed E-state index contributed by atoms with van der Waals surface area (Å²) in [5.74, 6) is 0.841. The van der Waals surface area contributed by atoms with E-state index in [2.05, 4.69) is 38.4 Å². The van der Waals surface area contributed by atoms with Gasteiger partial charge in [0.1, 0.15) is 0 Å². The number of hydrogen-bond acceptors (Lipinski definition) is 3. The Balaban J connectivity index is 1.89. The highest BCUT2D eigenvalue weighted by Gasteiger charge is 2.25. The van der Waals surface area contributed by atoms with Gasteiger partial charge in [0.15, 0.2) is 0 Å². The number of nitrogens with one attached hydrogen (secondary N) is 1. The summed E-state index contributed by atoms with van der Waals surface area (Å²) in [5.41, 5.74) is 1.44. The van der Waals surface area contributed by atoms with Crippen molar-refractivity contribution in [3.63, 3.8) is 0 Å². The number of hydrogen-bond donors (Lipinski definition) is 1. The molecule has 1 aromatic heterocycles. The van der Waals surface area contributed by atoms with Crippen LogP contribution in [0.2, 0.25) is 0 Å². The maximum absolute atomic E-state index is 4.81. The number of rotatable bonds is 4. The zero-order chi connectivity index (χ0) is 13.2. The highest BCUT2D eigenvalue weighted by Crippen LogP contribution is 2.31. The molecular weight excluding hydrogens is 240 g/mol. The molecule has 1 aromatic rings. The summed E-state index contributed by atoms with van der Waals surface area (Å²) in [4.78, 5) is 4.81. The summed E-state index contributed by atoms with van der Waals surface area (Å²) in [7, 11) is 0. The van der Waals surface area contributed by atoms with Crippen LogP contribution in [0.15, 0.2) is 5.38 Å². The van der Waals surface area contributed by atoms with Crippen LogP contribution in [0, 0.1) is 5.92 Å². The van der Waals surface area contributed by atoms with Gasteiger partial charge in [-0.25, -0.2) is 4.98 Å².